The Morgan fingerprint density at radius 2 is 2.00 bits per heavy atom. The van der Waals surface area contributed by atoms with Crippen molar-refractivity contribution in [3.8, 4) is 11.3 Å². The van der Waals surface area contributed by atoms with E-state index in [1.165, 1.54) is 0 Å². The minimum absolute atomic E-state index is 0.287. The van der Waals surface area contributed by atoms with Gasteiger partial charge >= 0.3 is 0 Å². The molecular weight excluding hydrogens is 298 g/mol. The second-order valence-corrected chi connectivity index (χ2v) is 5.32. The molecule has 0 saturated carbocycles. The number of pyridine rings is 1. The number of fused-ring (bicyclic) bond motifs is 1. The average Bonchev–Trinajstić information content (AvgIpc) is 3.24. The van der Waals surface area contributed by atoms with E-state index >= 15 is 0 Å². The third-order valence-corrected chi connectivity index (χ3v) is 3.89. The zero-order valence-corrected chi connectivity index (χ0v) is 12.6. The molecule has 4 rings (SSSR count). The quantitative estimate of drug-likeness (QED) is 0.756. The van der Waals surface area contributed by atoms with Gasteiger partial charge in [-0.1, -0.05) is 30.3 Å². The molecule has 6 heteroatoms. The first-order chi connectivity index (χ1) is 10.9. The van der Waals surface area contributed by atoms with Crippen LogP contribution in [0.25, 0.3) is 16.9 Å². The van der Waals surface area contributed by atoms with Crippen molar-refractivity contribution in [1.29, 1.82) is 0 Å². The van der Waals surface area contributed by atoms with Crippen molar-refractivity contribution >= 4 is 23.1 Å². The number of hydrogen-bond donors (Lipinski definition) is 1. The van der Waals surface area contributed by atoms with Crippen molar-refractivity contribution in [3.05, 3.63) is 53.9 Å². The standard InChI is InChI=1S/C16H14ClN5/c17-10-14-20-16-12(15-18-8-9-19-15)6-7-13(22(16)21-14)11-4-2-1-3-5-11/h1-7H,8-10H2,(H,18,19). The summed E-state index contributed by atoms with van der Waals surface area (Å²) in [4.78, 5) is 9.05. The Hall–Kier alpha value is -2.40. The molecule has 0 spiro atoms. The lowest BCUT2D eigenvalue weighted by Gasteiger charge is -2.08. The number of hydrogen-bond acceptors (Lipinski definition) is 4. The van der Waals surface area contributed by atoms with E-state index in [0.29, 0.717) is 5.82 Å². The zero-order valence-electron chi connectivity index (χ0n) is 11.8. The van der Waals surface area contributed by atoms with Crippen LogP contribution >= 0.6 is 11.6 Å². The number of benzene rings is 1. The number of aromatic nitrogens is 3. The van der Waals surface area contributed by atoms with Crippen LogP contribution in [-0.4, -0.2) is 33.5 Å². The van der Waals surface area contributed by atoms with Crippen LogP contribution in [0.2, 0.25) is 0 Å². The summed E-state index contributed by atoms with van der Waals surface area (Å²) in [7, 11) is 0. The summed E-state index contributed by atoms with van der Waals surface area (Å²) in [5.41, 5.74) is 3.82. The molecule has 0 atom stereocenters. The highest BCUT2D eigenvalue weighted by Crippen LogP contribution is 2.23. The second kappa shape index (κ2) is 5.42. The van der Waals surface area contributed by atoms with Gasteiger partial charge in [0.05, 0.1) is 23.7 Å². The molecule has 1 aliphatic rings. The van der Waals surface area contributed by atoms with Gasteiger partial charge in [0.25, 0.3) is 0 Å². The molecule has 0 radical (unpaired) electrons. The van der Waals surface area contributed by atoms with Gasteiger partial charge in [-0.2, -0.15) is 0 Å². The van der Waals surface area contributed by atoms with Crippen LogP contribution in [0.1, 0.15) is 11.4 Å². The van der Waals surface area contributed by atoms with Crippen LogP contribution in [0, 0.1) is 0 Å². The van der Waals surface area contributed by atoms with Gasteiger partial charge < -0.3 is 5.32 Å². The summed E-state index contributed by atoms with van der Waals surface area (Å²) >= 11 is 5.92. The molecule has 22 heavy (non-hydrogen) atoms. The summed E-state index contributed by atoms with van der Waals surface area (Å²) in [6, 6.07) is 14.2. The van der Waals surface area contributed by atoms with E-state index in [2.05, 4.69) is 32.5 Å². The van der Waals surface area contributed by atoms with E-state index in [4.69, 9.17) is 11.6 Å². The van der Waals surface area contributed by atoms with Crippen LogP contribution in [0.15, 0.2) is 47.5 Å². The lowest BCUT2D eigenvalue weighted by atomic mass is 10.1. The van der Waals surface area contributed by atoms with E-state index in [1.54, 1.807) is 0 Å². The van der Waals surface area contributed by atoms with Gasteiger partial charge in [0, 0.05) is 12.1 Å². The maximum atomic E-state index is 5.92. The maximum Gasteiger partial charge on any atom is 0.167 e. The smallest absolute Gasteiger partial charge is 0.167 e. The summed E-state index contributed by atoms with van der Waals surface area (Å²) < 4.78 is 1.85. The fourth-order valence-electron chi connectivity index (χ4n) is 2.65. The summed E-state index contributed by atoms with van der Waals surface area (Å²) in [6.45, 7) is 1.65. The van der Waals surface area contributed by atoms with Crippen molar-refractivity contribution in [2.24, 2.45) is 4.99 Å². The molecule has 5 nitrogen and oxygen atoms in total. The van der Waals surface area contributed by atoms with Crippen LogP contribution in [-0.2, 0) is 5.88 Å². The molecule has 1 N–H and O–H groups in total. The van der Waals surface area contributed by atoms with Crippen molar-refractivity contribution in [3.63, 3.8) is 0 Å². The third kappa shape index (κ3) is 2.14. The fourth-order valence-corrected chi connectivity index (χ4v) is 2.76. The Bertz CT molecular complexity index is 854. The highest BCUT2D eigenvalue weighted by atomic mass is 35.5. The largest absolute Gasteiger partial charge is 0.368 e. The molecule has 0 bridgehead atoms. The van der Waals surface area contributed by atoms with Gasteiger partial charge in [0.15, 0.2) is 11.5 Å². The molecule has 110 valence electrons. The molecule has 0 saturated heterocycles. The summed E-state index contributed by atoms with van der Waals surface area (Å²) in [5, 5.41) is 7.82. The van der Waals surface area contributed by atoms with Gasteiger partial charge in [-0.05, 0) is 12.1 Å². The molecule has 0 aliphatic carbocycles. The van der Waals surface area contributed by atoms with Crippen molar-refractivity contribution in [1.82, 2.24) is 19.9 Å². The van der Waals surface area contributed by atoms with Crippen LogP contribution < -0.4 is 5.32 Å². The molecule has 0 fully saturated rings. The minimum Gasteiger partial charge on any atom is -0.368 e. The Morgan fingerprint density at radius 1 is 1.14 bits per heavy atom. The SMILES string of the molecule is ClCc1nc2c(C3=NCCN3)ccc(-c3ccccc3)n2n1. The van der Waals surface area contributed by atoms with Gasteiger partial charge in [-0.3, -0.25) is 4.99 Å². The number of amidine groups is 1. The fraction of sp³-hybridized carbons (Fsp3) is 0.188. The lowest BCUT2D eigenvalue weighted by Crippen LogP contribution is -2.20. The van der Waals surface area contributed by atoms with E-state index in [9.17, 15) is 0 Å². The molecule has 3 aromatic rings. The number of halogens is 1. The number of aliphatic imine (C=N–C) groups is 1. The molecule has 3 heterocycles. The van der Waals surface area contributed by atoms with Crippen molar-refractivity contribution < 1.29 is 0 Å². The highest BCUT2D eigenvalue weighted by molar-refractivity contribution is 6.16. The first-order valence-corrected chi connectivity index (χ1v) is 7.69. The average molecular weight is 312 g/mol. The molecular formula is C16H14ClN5. The van der Waals surface area contributed by atoms with Crippen LogP contribution in [0.3, 0.4) is 0 Å². The highest BCUT2D eigenvalue weighted by Gasteiger charge is 2.17. The second-order valence-electron chi connectivity index (χ2n) is 5.05. The van der Waals surface area contributed by atoms with Gasteiger partial charge in [-0.15, -0.1) is 16.7 Å². The molecule has 1 aliphatic heterocycles. The zero-order chi connectivity index (χ0) is 14.9. The Morgan fingerprint density at radius 3 is 2.73 bits per heavy atom. The van der Waals surface area contributed by atoms with Crippen molar-refractivity contribution in [2.45, 2.75) is 5.88 Å². The van der Waals surface area contributed by atoms with E-state index in [0.717, 1.165) is 41.4 Å². The Kier molecular flexibility index (Phi) is 3.27. The third-order valence-electron chi connectivity index (χ3n) is 3.65. The van der Waals surface area contributed by atoms with E-state index in [1.807, 2.05) is 34.8 Å². The Labute approximate surface area is 132 Å². The first-order valence-electron chi connectivity index (χ1n) is 7.15. The van der Waals surface area contributed by atoms with Gasteiger partial charge in [0.1, 0.15) is 5.84 Å². The molecule has 0 unspecified atom stereocenters. The number of nitrogens with zero attached hydrogens (tertiary/aromatic N) is 4. The van der Waals surface area contributed by atoms with Gasteiger partial charge in [0.2, 0.25) is 0 Å². The summed E-state index contributed by atoms with van der Waals surface area (Å²) in [6.07, 6.45) is 0. The van der Waals surface area contributed by atoms with E-state index < -0.39 is 0 Å². The number of nitrogens with one attached hydrogen (secondary N) is 1. The minimum atomic E-state index is 0.287. The molecule has 0 amide bonds. The normalized spacial score (nSPS) is 14.1. The van der Waals surface area contributed by atoms with Crippen molar-refractivity contribution in [2.75, 3.05) is 13.1 Å². The lowest BCUT2D eigenvalue weighted by molar-refractivity contribution is 0.928. The van der Waals surface area contributed by atoms with Crippen LogP contribution in [0.4, 0.5) is 0 Å². The monoisotopic (exact) mass is 311 g/mol. The predicted molar refractivity (Wildman–Crippen MR) is 87.4 cm³/mol. The summed E-state index contributed by atoms with van der Waals surface area (Å²) in [5.74, 6) is 1.78. The van der Waals surface area contributed by atoms with Gasteiger partial charge in [-0.25, -0.2) is 9.50 Å². The number of alkyl halides is 1. The Balaban J connectivity index is 1.97. The molecule has 2 aromatic heterocycles. The topological polar surface area (TPSA) is 54.6 Å². The maximum absolute atomic E-state index is 5.92. The number of rotatable bonds is 3. The van der Waals surface area contributed by atoms with Crippen LogP contribution in [0.5, 0.6) is 0 Å². The first kappa shape index (κ1) is 13.3. The van der Waals surface area contributed by atoms with E-state index in [-0.39, 0.29) is 5.88 Å². The molecule has 1 aromatic carbocycles. The predicted octanol–water partition coefficient (Wildman–Crippen LogP) is 2.48.